The molecule has 0 fully saturated rings. The molecular weight excluding hydrogens is 314 g/mol. The lowest BCUT2D eigenvalue weighted by atomic mass is 10.3. The fourth-order valence-electron chi connectivity index (χ4n) is 2.18. The normalized spacial score (nSPS) is 13.0. The first kappa shape index (κ1) is 16.5. The third kappa shape index (κ3) is 3.87. The van der Waals surface area contributed by atoms with E-state index in [0.29, 0.717) is 24.5 Å². The predicted molar refractivity (Wildman–Crippen MR) is 84.7 cm³/mol. The number of unbranched alkanes of at least 4 members (excludes halogenated alkanes) is 1. The Hall–Kier alpha value is -0.840. The molecule has 1 unspecified atom stereocenters. The maximum Gasteiger partial charge on any atom is 0.144 e. The van der Waals surface area contributed by atoms with Crippen molar-refractivity contribution < 1.29 is 9.13 Å². The van der Waals surface area contributed by atoms with Crippen LogP contribution in [-0.4, -0.2) is 22.8 Å². The van der Waals surface area contributed by atoms with Gasteiger partial charge in [-0.1, -0.05) is 24.9 Å². The molecule has 1 atom stereocenters. The third-order valence-electron chi connectivity index (χ3n) is 3.28. The Labute approximate surface area is 134 Å². The minimum atomic E-state index is -0.471. The fourth-order valence-corrected chi connectivity index (χ4v) is 2.51. The highest BCUT2D eigenvalue weighted by Gasteiger charge is 2.16. The van der Waals surface area contributed by atoms with Crippen molar-refractivity contribution in [3.8, 4) is 0 Å². The summed E-state index contributed by atoms with van der Waals surface area (Å²) < 4.78 is 21.1. The predicted octanol–water partition coefficient (Wildman–Crippen LogP) is 4.95. The second kappa shape index (κ2) is 7.43. The van der Waals surface area contributed by atoms with Gasteiger partial charge in [-0.2, -0.15) is 0 Å². The first-order valence-electron chi connectivity index (χ1n) is 7.11. The van der Waals surface area contributed by atoms with Crippen LogP contribution in [0.1, 0.15) is 37.9 Å². The van der Waals surface area contributed by atoms with Crippen LogP contribution in [0.4, 0.5) is 4.39 Å². The summed E-state index contributed by atoms with van der Waals surface area (Å²) in [6.45, 7) is 5.89. The van der Waals surface area contributed by atoms with E-state index in [2.05, 4.69) is 11.9 Å². The zero-order valence-corrected chi connectivity index (χ0v) is 13.7. The Kier molecular flexibility index (Phi) is 5.85. The Morgan fingerprint density at radius 3 is 2.81 bits per heavy atom. The lowest BCUT2D eigenvalue weighted by molar-refractivity contribution is 0.123. The van der Waals surface area contributed by atoms with Crippen molar-refractivity contribution in [1.82, 2.24) is 9.55 Å². The van der Waals surface area contributed by atoms with Gasteiger partial charge in [0, 0.05) is 19.2 Å². The second-order valence-corrected chi connectivity index (χ2v) is 6.02. The number of ether oxygens (including phenoxy) is 1. The van der Waals surface area contributed by atoms with Gasteiger partial charge in [0.15, 0.2) is 0 Å². The molecule has 0 bridgehead atoms. The Bertz CT molecular complexity index is 613. The molecule has 116 valence electrons. The van der Waals surface area contributed by atoms with Crippen LogP contribution in [0.3, 0.4) is 0 Å². The standard InChI is InChI=1S/C15H19Cl2FN2O/c1-3-4-6-21-7-5-20-14-8-11(17)12(18)9-13(14)19-15(20)10(2)16/h8-10H,3-7H2,1-2H3. The number of benzene rings is 1. The summed E-state index contributed by atoms with van der Waals surface area (Å²) in [5.41, 5.74) is 1.34. The van der Waals surface area contributed by atoms with E-state index in [-0.39, 0.29) is 10.4 Å². The van der Waals surface area contributed by atoms with Crippen molar-refractivity contribution in [3.63, 3.8) is 0 Å². The van der Waals surface area contributed by atoms with Gasteiger partial charge in [0.05, 0.1) is 28.0 Å². The van der Waals surface area contributed by atoms with Crippen molar-refractivity contribution in [1.29, 1.82) is 0 Å². The van der Waals surface area contributed by atoms with Gasteiger partial charge in [-0.3, -0.25) is 0 Å². The smallest absolute Gasteiger partial charge is 0.144 e. The number of imidazole rings is 1. The molecule has 0 aliphatic heterocycles. The largest absolute Gasteiger partial charge is 0.380 e. The molecule has 0 saturated heterocycles. The molecule has 3 nitrogen and oxygen atoms in total. The summed E-state index contributed by atoms with van der Waals surface area (Å²) >= 11 is 12.0. The maximum atomic E-state index is 13.5. The molecule has 6 heteroatoms. The molecular formula is C15H19Cl2FN2O. The first-order chi connectivity index (χ1) is 10.0. The topological polar surface area (TPSA) is 27.1 Å². The van der Waals surface area contributed by atoms with Crippen molar-refractivity contribution in [2.75, 3.05) is 13.2 Å². The van der Waals surface area contributed by atoms with Crippen LogP contribution in [0.15, 0.2) is 12.1 Å². The molecule has 1 aromatic carbocycles. The van der Waals surface area contributed by atoms with E-state index in [1.54, 1.807) is 6.07 Å². The van der Waals surface area contributed by atoms with Gasteiger partial charge >= 0.3 is 0 Å². The summed E-state index contributed by atoms with van der Waals surface area (Å²) in [5, 5.41) is -0.181. The molecule has 2 aromatic rings. The minimum absolute atomic E-state index is 0.0873. The summed E-state index contributed by atoms with van der Waals surface area (Å²) in [5.74, 6) is 0.231. The number of fused-ring (bicyclic) bond motifs is 1. The highest BCUT2D eigenvalue weighted by molar-refractivity contribution is 6.31. The Balaban J connectivity index is 2.26. The highest BCUT2D eigenvalue weighted by Crippen LogP contribution is 2.28. The Morgan fingerprint density at radius 2 is 2.14 bits per heavy atom. The third-order valence-corrected chi connectivity index (χ3v) is 3.76. The van der Waals surface area contributed by atoms with Gasteiger partial charge in [-0.25, -0.2) is 9.37 Å². The summed E-state index contributed by atoms with van der Waals surface area (Å²) in [7, 11) is 0. The van der Waals surface area contributed by atoms with E-state index in [9.17, 15) is 4.39 Å². The average molecular weight is 333 g/mol. The number of rotatable bonds is 7. The van der Waals surface area contributed by atoms with E-state index in [4.69, 9.17) is 27.9 Å². The molecule has 0 aliphatic rings. The van der Waals surface area contributed by atoms with Gasteiger partial charge < -0.3 is 9.30 Å². The minimum Gasteiger partial charge on any atom is -0.380 e. The van der Waals surface area contributed by atoms with Crippen molar-refractivity contribution in [2.24, 2.45) is 0 Å². The van der Waals surface area contributed by atoms with Crippen LogP contribution in [-0.2, 0) is 11.3 Å². The van der Waals surface area contributed by atoms with E-state index in [1.165, 1.54) is 6.07 Å². The summed E-state index contributed by atoms with van der Waals surface area (Å²) in [6.07, 6.45) is 2.15. The summed E-state index contributed by atoms with van der Waals surface area (Å²) in [4.78, 5) is 4.41. The second-order valence-electron chi connectivity index (χ2n) is 4.96. The Morgan fingerprint density at radius 1 is 1.38 bits per heavy atom. The van der Waals surface area contributed by atoms with Crippen molar-refractivity contribution in [2.45, 2.75) is 38.6 Å². The molecule has 0 saturated carbocycles. The molecule has 21 heavy (non-hydrogen) atoms. The maximum absolute atomic E-state index is 13.5. The lowest BCUT2D eigenvalue weighted by Gasteiger charge is -2.11. The highest BCUT2D eigenvalue weighted by atomic mass is 35.5. The number of nitrogens with zero attached hydrogens (tertiary/aromatic N) is 2. The summed E-state index contributed by atoms with van der Waals surface area (Å²) in [6, 6.07) is 2.93. The molecule has 0 spiro atoms. The molecule has 2 rings (SSSR count). The average Bonchev–Trinajstić information content (AvgIpc) is 2.77. The molecule has 0 amide bonds. The van der Waals surface area contributed by atoms with Gasteiger partial charge in [-0.15, -0.1) is 11.6 Å². The number of hydrogen-bond acceptors (Lipinski definition) is 2. The van der Waals surface area contributed by atoms with Crippen LogP contribution in [0.25, 0.3) is 11.0 Å². The van der Waals surface area contributed by atoms with Crippen LogP contribution in [0.5, 0.6) is 0 Å². The molecule has 0 radical (unpaired) electrons. The van der Waals surface area contributed by atoms with E-state index in [0.717, 1.165) is 25.0 Å². The zero-order valence-electron chi connectivity index (χ0n) is 12.2. The first-order valence-corrected chi connectivity index (χ1v) is 7.93. The van der Waals surface area contributed by atoms with Gasteiger partial charge in [0.25, 0.3) is 0 Å². The monoisotopic (exact) mass is 332 g/mol. The van der Waals surface area contributed by atoms with E-state index >= 15 is 0 Å². The van der Waals surface area contributed by atoms with Crippen LogP contribution >= 0.6 is 23.2 Å². The quantitative estimate of drug-likeness (QED) is 0.530. The molecule has 1 heterocycles. The van der Waals surface area contributed by atoms with Gasteiger partial charge in [0.1, 0.15) is 11.6 Å². The number of hydrogen-bond donors (Lipinski definition) is 0. The lowest BCUT2D eigenvalue weighted by Crippen LogP contribution is -2.10. The molecule has 1 aromatic heterocycles. The zero-order chi connectivity index (χ0) is 15.4. The van der Waals surface area contributed by atoms with Gasteiger partial charge in [0.2, 0.25) is 0 Å². The van der Waals surface area contributed by atoms with Crippen LogP contribution in [0.2, 0.25) is 5.02 Å². The number of aromatic nitrogens is 2. The molecule has 0 N–H and O–H groups in total. The van der Waals surface area contributed by atoms with Crippen LogP contribution in [0, 0.1) is 5.82 Å². The number of halogens is 3. The van der Waals surface area contributed by atoms with E-state index in [1.807, 2.05) is 11.5 Å². The van der Waals surface area contributed by atoms with E-state index < -0.39 is 5.82 Å². The van der Waals surface area contributed by atoms with Crippen molar-refractivity contribution in [3.05, 3.63) is 28.8 Å². The van der Waals surface area contributed by atoms with Crippen LogP contribution < -0.4 is 0 Å². The number of alkyl halides is 1. The molecule has 0 aliphatic carbocycles. The SMILES string of the molecule is CCCCOCCn1c(C(C)Cl)nc2cc(F)c(Cl)cc21. The van der Waals surface area contributed by atoms with Gasteiger partial charge in [-0.05, 0) is 19.4 Å². The van der Waals surface area contributed by atoms with Crippen molar-refractivity contribution >= 4 is 34.2 Å². The fraction of sp³-hybridized carbons (Fsp3) is 0.533.